The van der Waals surface area contributed by atoms with Crippen LogP contribution in [-0.4, -0.2) is 24.1 Å². The van der Waals surface area contributed by atoms with Crippen LogP contribution < -0.4 is 0 Å². The highest BCUT2D eigenvalue weighted by atomic mass is 15.1. The second kappa shape index (κ2) is 11.2. The Morgan fingerprint density at radius 3 is 1.60 bits per heavy atom. The number of fused-ring (bicyclic) bond motifs is 8. The highest BCUT2D eigenvalue weighted by molar-refractivity contribution is 6.11. The van der Waals surface area contributed by atoms with Crippen LogP contribution in [0.2, 0.25) is 0 Å². The van der Waals surface area contributed by atoms with E-state index in [2.05, 4.69) is 155 Å². The SMILES string of the molecule is c1ccc2nc(-c3ccc(-c4cc(-n5c6ccccc6c6ccccc65)nc5ccc(-n6c7ccccc7c7ccccc76)cc45)cn3)ccc2c1. The number of aromatic nitrogens is 5. The minimum Gasteiger partial charge on any atom is -0.309 e. The fraction of sp³-hybridized carbons (Fsp3) is 0. The van der Waals surface area contributed by atoms with E-state index in [4.69, 9.17) is 15.0 Å². The summed E-state index contributed by atoms with van der Waals surface area (Å²) in [7, 11) is 0. The first kappa shape index (κ1) is 28.7. The van der Waals surface area contributed by atoms with E-state index in [9.17, 15) is 0 Å². The number of rotatable bonds is 4. The molecule has 0 amide bonds. The molecule has 0 bridgehead atoms. The second-order valence-electron chi connectivity index (χ2n) is 13.3. The maximum atomic E-state index is 5.37. The third-order valence-electron chi connectivity index (χ3n) is 10.4. The van der Waals surface area contributed by atoms with E-state index in [-0.39, 0.29) is 0 Å². The lowest BCUT2D eigenvalue weighted by atomic mass is 10.0. The van der Waals surface area contributed by atoms with Crippen molar-refractivity contribution >= 4 is 65.4 Å². The van der Waals surface area contributed by atoms with Crippen molar-refractivity contribution < 1.29 is 0 Å². The molecule has 11 aromatic rings. The van der Waals surface area contributed by atoms with E-state index >= 15 is 0 Å². The van der Waals surface area contributed by atoms with Crippen molar-refractivity contribution in [1.29, 1.82) is 0 Å². The van der Waals surface area contributed by atoms with Crippen molar-refractivity contribution in [2.45, 2.75) is 0 Å². The molecule has 5 aromatic heterocycles. The van der Waals surface area contributed by atoms with Gasteiger partial charge in [0.15, 0.2) is 0 Å². The Kier molecular flexibility index (Phi) is 6.18. The van der Waals surface area contributed by atoms with Crippen molar-refractivity contribution in [1.82, 2.24) is 24.1 Å². The van der Waals surface area contributed by atoms with Crippen LogP contribution in [0.1, 0.15) is 0 Å². The van der Waals surface area contributed by atoms with Gasteiger partial charge in [0.05, 0.1) is 44.5 Å². The number of pyridine rings is 3. The van der Waals surface area contributed by atoms with Crippen LogP contribution in [0.25, 0.3) is 99.4 Å². The second-order valence-corrected chi connectivity index (χ2v) is 13.3. The Morgan fingerprint density at radius 1 is 0.385 bits per heavy atom. The summed E-state index contributed by atoms with van der Waals surface area (Å²) in [5, 5.41) is 7.06. The molecule has 0 unspecified atom stereocenters. The highest BCUT2D eigenvalue weighted by Crippen LogP contribution is 2.38. The lowest BCUT2D eigenvalue weighted by Gasteiger charge is -2.15. The average Bonchev–Trinajstić information content (AvgIpc) is 3.73. The first-order chi connectivity index (χ1) is 25.8. The molecular weight excluding hydrogens is 635 g/mol. The van der Waals surface area contributed by atoms with Crippen LogP contribution in [0.4, 0.5) is 0 Å². The molecule has 0 aliphatic carbocycles. The van der Waals surface area contributed by atoms with Crippen LogP contribution in [0.5, 0.6) is 0 Å². The quantitative estimate of drug-likeness (QED) is 0.188. The van der Waals surface area contributed by atoms with Crippen molar-refractivity contribution in [2.75, 3.05) is 0 Å². The summed E-state index contributed by atoms with van der Waals surface area (Å²) in [6.45, 7) is 0. The van der Waals surface area contributed by atoms with E-state index in [0.717, 1.165) is 66.9 Å². The average molecular weight is 664 g/mol. The summed E-state index contributed by atoms with van der Waals surface area (Å²) in [5.41, 5.74) is 11.3. The molecule has 5 nitrogen and oxygen atoms in total. The summed E-state index contributed by atoms with van der Waals surface area (Å²) in [4.78, 5) is 15.3. The van der Waals surface area contributed by atoms with Crippen molar-refractivity contribution in [2.24, 2.45) is 0 Å². The molecule has 5 heterocycles. The first-order valence-electron chi connectivity index (χ1n) is 17.5. The first-order valence-corrected chi connectivity index (χ1v) is 17.5. The predicted molar refractivity (Wildman–Crippen MR) is 214 cm³/mol. The largest absolute Gasteiger partial charge is 0.309 e. The van der Waals surface area contributed by atoms with Gasteiger partial charge in [0, 0.05) is 49.8 Å². The summed E-state index contributed by atoms with van der Waals surface area (Å²) < 4.78 is 4.65. The van der Waals surface area contributed by atoms with Gasteiger partial charge in [-0.05, 0) is 72.3 Å². The van der Waals surface area contributed by atoms with E-state index < -0.39 is 0 Å². The molecule has 0 N–H and O–H groups in total. The molecule has 0 saturated carbocycles. The Bertz CT molecular complexity index is 3080. The van der Waals surface area contributed by atoms with Gasteiger partial charge in [0.2, 0.25) is 0 Å². The van der Waals surface area contributed by atoms with Gasteiger partial charge in [0.25, 0.3) is 0 Å². The molecular formula is C47H29N5. The Morgan fingerprint density at radius 2 is 0.962 bits per heavy atom. The fourth-order valence-electron chi connectivity index (χ4n) is 7.98. The molecule has 6 aromatic carbocycles. The van der Waals surface area contributed by atoms with Gasteiger partial charge in [-0.1, -0.05) is 103 Å². The van der Waals surface area contributed by atoms with Gasteiger partial charge in [-0.2, -0.15) is 0 Å². The Balaban J connectivity index is 1.15. The van der Waals surface area contributed by atoms with Gasteiger partial charge in [-0.3, -0.25) is 9.55 Å². The van der Waals surface area contributed by atoms with Crippen LogP contribution >= 0.6 is 0 Å². The number of benzene rings is 6. The lowest BCUT2D eigenvalue weighted by Crippen LogP contribution is -2.01. The van der Waals surface area contributed by atoms with E-state index in [1.54, 1.807) is 0 Å². The molecule has 0 aliphatic heterocycles. The minimum atomic E-state index is 0.835. The van der Waals surface area contributed by atoms with Crippen LogP contribution in [0, 0.1) is 0 Å². The third-order valence-corrected chi connectivity index (χ3v) is 10.4. The topological polar surface area (TPSA) is 48.5 Å². The summed E-state index contributed by atoms with van der Waals surface area (Å²) in [6.07, 6.45) is 1.98. The Labute approximate surface area is 298 Å². The number of para-hydroxylation sites is 5. The van der Waals surface area contributed by atoms with Crippen molar-refractivity contribution in [3.05, 3.63) is 176 Å². The number of hydrogen-bond acceptors (Lipinski definition) is 3. The fourth-order valence-corrected chi connectivity index (χ4v) is 7.98. The lowest BCUT2D eigenvalue weighted by molar-refractivity contribution is 1.10. The van der Waals surface area contributed by atoms with Gasteiger partial charge in [-0.25, -0.2) is 9.97 Å². The standard InChI is InChI=1S/C47H29N5/c1-6-16-39-30(11-1)21-25-42(49-39)41-24-22-31(29-48-41)37-28-47(52-45-19-9-4-14-35(45)36-15-5-10-20-46(36)52)50-40-26-23-32(27-38(37)40)51-43-17-7-2-12-33(43)34-13-3-8-18-44(34)51/h1-29H. The zero-order valence-electron chi connectivity index (χ0n) is 28.0. The van der Waals surface area contributed by atoms with Crippen LogP contribution in [0.15, 0.2) is 176 Å². The molecule has 0 fully saturated rings. The van der Waals surface area contributed by atoms with E-state index in [1.807, 2.05) is 30.5 Å². The highest BCUT2D eigenvalue weighted by Gasteiger charge is 2.18. The molecule has 0 aliphatic rings. The number of nitrogens with zero attached hydrogens (tertiary/aromatic N) is 5. The zero-order valence-corrected chi connectivity index (χ0v) is 28.0. The zero-order chi connectivity index (χ0) is 34.2. The van der Waals surface area contributed by atoms with Gasteiger partial charge < -0.3 is 4.57 Å². The predicted octanol–water partition coefficient (Wildman–Crippen LogP) is 11.7. The van der Waals surface area contributed by atoms with Crippen LogP contribution in [-0.2, 0) is 0 Å². The summed E-state index contributed by atoms with van der Waals surface area (Å²) >= 11 is 0. The van der Waals surface area contributed by atoms with Crippen molar-refractivity contribution in [3.8, 4) is 34.0 Å². The maximum Gasteiger partial charge on any atom is 0.138 e. The van der Waals surface area contributed by atoms with E-state index in [0.29, 0.717) is 0 Å². The van der Waals surface area contributed by atoms with Gasteiger partial charge >= 0.3 is 0 Å². The molecule has 0 saturated heterocycles. The monoisotopic (exact) mass is 663 g/mol. The van der Waals surface area contributed by atoms with Gasteiger partial charge in [0.1, 0.15) is 5.82 Å². The molecule has 242 valence electrons. The smallest absolute Gasteiger partial charge is 0.138 e. The molecule has 52 heavy (non-hydrogen) atoms. The van der Waals surface area contributed by atoms with Gasteiger partial charge in [-0.15, -0.1) is 0 Å². The maximum absolute atomic E-state index is 5.37. The molecule has 11 rings (SSSR count). The Hall–Kier alpha value is -7.11. The van der Waals surface area contributed by atoms with Crippen LogP contribution in [0.3, 0.4) is 0 Å². The normalized spacial score (nSPS) is 11.8. The molecule has 5 heteroatoms. The van der Waals surface area contributed by atoms with Crippen molar-refractivity contribution in [3.63, 3.8) is 0 Å². The van der Waals surface area contributed by atoms with E-state index in [1.165, 1.54) is 32.6 Å². The third kappa shape index (κ3) is 4.33. The molecule has 0 spiro atoms. The number of hydrogen-bond donors (Lipinski definition) is 0. The summed E-state index contributed by atoms with van der Waals surface area (Å²) in [5.74, 6) is 0.866. The molecule has 0 radical (unpaired) electrons. The summed E-state index contributed by atoms with van der Waals surface area (Å²) in [6, 6.07) is 59.9. The minimum absolute atomic E-state index is 0.835. The molecule has 0 atom stereocenters.